The van der Waals surface area contributed by atoms with Crippen molar-refractivity contribution in [3.05, 3.63) is 77.2 Å². The largest absolute Gasteiger partial charge is 0.452 e. The highest BCUT2D eigenvalue weighted by Gasteiger charge is 2.10. The first-order valence-electron chi connectivity index (χ1n) is 8.11. The van der Waals surface area contributed by atoms with E-state index in [2.05, 4.69) is 10.3 Å². The molecule has 0 saturated carbocycles. The summed E-state index contributed by atoms with van der Waals surface area (Å²) >= 11 is 1.20. The summed E-state index contributed by atoms with van der Waals surface area (Å²) in [7, 11) is 0. The van der Waals surface area contributed by atoms with Crippen LogP contribution in [-0.2, 0) is 14.3 Å². The normalized spacial score (nSPS) is 10.8. The van der Waals surface area contributed by atoms with Gasteiger partial charge in [-0.3, -0.25) is 10.1 Å². The van der Waals surface area contributed by atoms with Crippen LogP contribution in [0, 0.1) is 11.6 Å². The lowest BCUT2D eigenvalue weighted by molar-refractivity contribution is -0.142. The van der Waals surface area contributed by atoms with Gasteiger partial charge in [0.05, 0.1) is 5.69 Å². The molecule has 28 heavy (non-hydrogen) atoms. The van der Waals surface area contributed by atoms with Gasteiger partial charge in [-0.2, -0.15) is 0 Å². The van der Waals surface area contributed by atoms with Gasteiger partial charge in [0.2, 0.25) is 0 Å². The topological polar surface area (TPSA) is 68.3 Å². The molecule has 0 aliphatic rings. The highest BCUT2D eigenvalue weighted by Crippen LogP contribution is 2.24. The van der Waals surface area contributed by atoms with Crippen molar-refractivity contribution in [2.45, 2.75) is 0 Å². The molecule has 2 aromatic carbocycles. The second-order valence-corrected chi connectivity index (χ2v) is 6.44. The molecule has 1 aromatic heterocycles. The number of thiazole rings is 1. The molecule has 0 atom stereocenters. The summed E-state index contributed by atoms with van der Waals surface area (Å²) in [5.74, 6) is -1.96. The van der Waals surface area contributed by atoms with Gasteiger partial charge in [0.25, 0.3) is 5.91 Å². The molecule has 0 bridgehead atoms. The summed E-state index contributed by atoms with van der Waals surface area (Å²) in [6.45, 7) is -0.474. The quantitative estimate of drug-likeness (QED) is 0.495. The molecule has 0 aliphatic heterocycles. The average Bonchev–Trinajstić information content (AvgIpc) is 3.15. The van der Waals surface area contributed by atoms with Crippen molar-refractivity contribution >= 4 is 34.4 Å². The maximum absolute atomic E-state index is 13.0. The third-order valence-corrected chi connectivity index (χ3v) is 4.28. The van der Waals surface area contributed by atoms with E-state index in [4.69, 9.17) is 4.74 Å². The Bertz CT molecular complexity index is 999. The van der Waals surface area contributed by atoms with E-state index in [0.717, 1.165) is 11.6 Å². The Balaban J connectivity index is 1.48. The first kappa shape index (κ1) is 19.4. The lowest BCUT2D eigenvalue weighted by atomic mass is 10.2. The standard InChI is InChI=1S/C20H14F2N2O3S/c21-15-6-1-13(2-7-15)3-10-19(26)27-11-18(25)24-20-23-17(12-28-20)14-4-8-16(22)9-5-14/h1-10,12H,11H2,(H,23,24,25)/b10-3+. The minimum Gasteiger partial charge on any atom is -0.452 e. The molecule has 3 rings (SSSR count). The number of carbonyl (C=O) groups is 2. The lowest BCUT2D eigenvalue weighted by Crippen LogP contribution is -2.20. The van der Waals surface area contributed by atoms with Crippen molar-refractivity contribution in [2.75, 3.05) is 11.9 Å². The van der Waals surface area contributed by atoms with Crippen LogP contribution in [0.1, 0.15) is 5.56 Å². The first-order chi connectivity index (χ1) is 13.5. The predicted octanol–water partition coefficient (Wildman–Crippen LogP) is 4.28. The Hall–Kier alpha value is -3.39. The van der Waals surface area contributed by atoms with Crippen LogP contribution in [0.5, 0.6) is 0 Å². The van der Waals surface area contributed by atoms with E-state index < -0.39 is 18.5 Å². The second-order valence-electron chi connectivity index (χ2n) is 5.59. The molecule has 0 aliphatic carbocycles. The third kappa shape index (κ3) is 5.55. The van der Waals surface area contributed by atoms with E-state index >= 15 is 0 Å². The van der Waals surface area contributed by atoms with Crippen LogP contribution >= 0.6 is 11.3 Å². The van der Waals surface area contributed by atoms with Crippen molar-refractivity contribution in [1.29, 1.82) is 0 Å². The van der Waals surface area contributed by atoms with Gasteiger partial charge in [-0.25, -0.2) is 18.6 Å². The van der Waals surface area contributed by atoms with E-state index in [1.807, 2.05) is 0 Å². The van der Waals surface area contributed by atoms with Gasteiger partial charge in [0.15, 0.2) is 11.7 Å². The fourth-order valence-electron chi connectivity index (χ4n) is 2.16. The van der Waals surface area contributed by atoms with Crippen molar-refractivity contribution in [2.24, 2.45) is 0 Å². The zero-order chi connectivity index (χ0) is 19.9. The van der Waals surface area contributed by atoms with Crippen molar-refractivity contribution in [3.8, 4) is 11.3 Å². The van der Waals surface area contributed by atoms with E-state index in [-0.39, 0.29) is 11.6 Å². The van der Waals surface area contributed by atoms with E-state index in [1.54, 1.807) is 17.5 Å². The summed E-state index contributed by atoms with van der Waals surface area (Å²) in [5, 5.41) is 4.59. The third-order valence-electron chi connectivity index (χ3n) is 3.52. The van der Waals surface area contributed by atoms with E-state index in [9.17, 15) is 18.4 Å². The van der Waals surface area contributed by atoms with Crippen LogP contribution in [0.25, 0.3) is 17.3 Å². The number of hydrogen-bond acceptors (Lipinski definition) is 5. The van der Waals surface area contributed by atoms with Crippen LogP contribution in [-0.4, -0.2) is 23.5 Å². The summed E-state index contributed by atoms with van der Waals surface area (Å²) in [6.07, 6.45) is 2.60. The SMILES string of the molecule is O=C(COC(=O)/C=C/c1ccc(F)cc1)Nc1nc(-c2ccc(F)cc2)cs1. The zero-order valence-electron chi connectivity index (χ0n) is 14.4. The highest BCUT2D eigenvalue weighted by molar-refractivity contribution is 7.14. The van der Waals surface area contributed by atoms with Crippen molar-refractivity contribution in [1.82, 2.24) is 4.98 Å². The maximum Gasteiger partial charge on any atom is 0.331 e. The van der Waals surface area contributed by atoms with Gasteiger partial charge in [0.1, 0.15) is 11.6 Å². The van der Waals surface area contributed by atoms with Gasteiger partial charge >= 0.3 is 5.97 Å². The Kier molecular flexibility index (Phi) is 6.23. The number of amides is 1. The van der Waals surface area contributed by atoms with Gasteiger partial charge in [0, 0.05) is 17.0 Å². The van der Waals surface area contributed by atoms with Crippen LogP contribution in [0.4, 0.5) is 13.9 Å². The van der Waals surface area contributed by atoms with Gasteiger partial charge < -0.3 is 4.74 Å². The van der Waals surface area contributed by atoms with Crippen molar-refractivity contribution < 1.29 is 23.1 Å². The minimum absolute atomic E-state index is 0.335. The Labute approximate surface area is 163 Å². The number of aromatic nitrogens is 1. The van der Waals surface area contributed by atoms with Crippen molar-refractivity contribution in [3.63, 3.8) is 0 Å². The number of benzene rings is 2. The summed E-state index contributed by atoms with van der Waals surface area (Å²) in [6, 6.07) is 11.4. The molecule has 0 unspecified atom stereocenters. The van der Waals surface area contributed by atoms with Crippen LogP contribution in [0.15, 0.2) is 60.0 Å². The minimum atomic E-state index is -0.703. The second kappa shape index (κ2) is 9.01. The average molecular weight is 400 g/mol. The molecule has 142 valence electrons. The van der Waals surface area contributed by atoms with Crippen LogP contribution < -0.4 is 5.32 Å². The molecule has 0 radical (unpaired) electrons. The Morgan fingerprint density at radius 2 is 1.68 bits per heavy atom. The predicted molar refractivity (Wildman–Crippen MR) is 103 cm³/mol. The number of halogens is 2. The fourth-order valence-corrected chi connectivity index (χ4v) is 2.90. The number of nitrogens with one attached hydrogen (secondary N) is 1. The Morgan fingerprint density at radius 1 is 1.04 bits per heavy atom. The number of anilines is 1. The molecular formula is C20H14F2N2O3S. The number of rotatable bonds is 6. The lowest BCUT2D eigenvalue weighted by Gasteiger charge is -2.02. The van der Waals surface area contributed by atoms with Gasteiger partial charge in [-0.1, -0.05) is 12.1 Å². The summed E-state index contributed by atoms with van der Waals surface area (Å²) in [4.78, 5) is 27.8. The van der Waals surface area contributed by atoms with Crippen LogP contribution in [0.2, 0.25) is 0 Å². The smallest absolute Gasteiger partial charge is 0.331 e. The number of esters is 1. The molecule has 0 saturated heterocycles. The fraction of sp³-hybridized carbons (Fsp3) is 0.0500. The summed E-state index contributed by atoms with van der Waals surface area (Å²) in [5.41, 5.74) is 1.94. The van der Waals surface area contributed by atoms with E-state index in [0.29, 0.717) is 16.4 Å². The molecular weight excluding hydrogens is 386 g/mol. The zero-order valence-corrected chi connectivity index (χ0v) is 15.2. The number of hydrogen-bond donors (Lipinski definition) is 1. The highest BCUT2D eigenvalue weighted by atomic mass is 32.1. The molecule has 3 aromatic rings. The summed E-state index contributed by atoms with van der Waals surface area (Å²) < 4.78 is 30.6. The molecule has 1 heterocycles. The van der Waals surface area contributed by atoms with Crippen LogP contribution in [0.3, 0.4) is 0 Å². The molecule has 8 heteroatoms. The molecule has 5 nitrogen and oxygen atoms in total. The number of nitrogens with zero attached hydrogens (tertiary/aromatic N) is 1. The van der Waals surface area contributed by atoms with Gasteiger partial charge in [-0.15, -0.1) is 11.3 Å². The van der Waals surface area contributed by atoms with Gasteiger partial charge in [-0.05, 0) is 48.0 Å². The maximum atomic E-state index is 13.0. The number of ether oxygens (including phenoxy) is 1. The molecule has 1 N–H and O–H groups in total. The Morgan fingerprint density at radius 3 is 2.36 bits per heavy atom. The van der Waals surface area contributed by atoms with E-state index in [1.165, 1.54) is 53.8 Å². The molecule has 0 spiro atoms. The first-order valence-corrected chi connectivity index (χ1v) is 8.99. The number of carbonyl (C=O) groups excluding carboxylic acids is 2. The molecule has 1 amide bonds. The monoisotopic (exact) mass is 400 g/mol. The molecule has 0 fully saturated rings.